The second-order valence-electron chi connectivity index (χ2n) is 3.00. The number of nitrogens with zero attached hydrogens (tertiary/aromatic N) is 3. The molecule has 0 aromatic carbocycles. The molecule has 6 nitrogen and oxygen atoms in total. The van der Waals surface area contributed by atoms with Gasteiger partial charge in [0.15, 0.2) is 5.69 Å². The van der Waals surface area contributed by atoms with Crippen LogP contribution >= 0.6 is 11.6 Å². The zero-order valence-corrected chi connectivity index (χ0v) is 9.13. The van der Waals surface area contributed by atoms with E-state index in [4.69, 9.17) is 21.4 Å². The summed E-state index contributed by atoms with van der Waals surface area (Å²) >= 11 is 5.72. The molecule has 0 fully saturated rings. The molecule has 0 saturated carbocycles. The zero-order valence-electron chi connectivity index (χ0n) is 8.37. The average Bonchev–Trinajstić information content (AvgIpc) is 2.29. The molecule has 0 unspecified atom stereocenters. The van der Waals surface area contributed by atoms with E-state index in [1.54, 1.807) is 6.07 Å². The lowest BCUT2D eigenvalue weighted by Crippen LogP contribution is -2.02. The maximum Gasteiger partial charge on any atom is 0.356 e. The molecule has 2 heterocycles. The minimum atomic E-state index is -1.14. The molecular weight excluding hydrogens is 246 g/mol. The van der Waals surface area contributed by atoms with Crippen LogP contribution in [-0.2, 0) is 0 Å². The van der Waals surface area contributed by atoms with Gasteiger partial charge in [0.25, 0.3) is 0 Å². The van der Waals surface area contributed by atoms with Crippen molar-refractivity contribution in [3.05, 3.63) is 41.3 Å². The standard InChI is InChI=1S/C10H6ClN3O3/c11-6-3-7(5-12-4-6)17-9-2-1-8(10(15)16)13-14-9/h1-5H,(H,15,16). The second-order valence-corrected chi connectivity index (χ2v) is 3.44. The maximum atomic E-state index is 10.5. The lowest BCUT2D eigenvalue weighted by molar-refractivity contribution is 0.0689. The van der Waals surface area contributed by atoms with E-state index < -0.39 is 5.97 Å². The van der Waals surface area contributed by atoms with Crippen molar-refractivity contribution in [2.45, 2.75) is 0 Å². The van der Waals surface area contributed by atoms with Crippen molar-refractivity contribution < 1.29 is 14.6 Å². The molecular formula is C10H6ClN3O3. The predicted octanol–water partition coefficient (Wildman–Crippen LogP) is 2.02. The van der Waals surface area contributed by atoms with Gasteiger partial charge >= 0.3 is 5.97 Å². The highest BCUT2D eigenvalue weighted by atomic mass is 35.5. The van der Waals surface area contributed by atoms with Gasteiger partial charge in [-0.1, -0.05) is 11.6 Å². The number of carboxylic acid groups (broad SMARTS) is 1. The van der Waals surface area contributed by atoms with Crippen molar-refractivity contribution in [1.29, 1.82) is 0 Å². The van der Waals surface area contributed by atoms with Crippen LogP contribution in [0.4, 0.5) is 0 Å². The number of pyridine rings is 1. The number of rotatable bonds is 3. The minimum Gasteiger partial charge on any atom is -0.476 e. The van der Waals surface area contributed by atoms with E-state index >= 15 is 0 Å². The summed E-state index contributed by atoms with van der Waals surface area (Å²) in [4.78, 5) is 14.4. The SMILES string of the molecule is O=C(O)c1ccc(Oc2cncc(Cl)c2)nn1. The molecule has 2 aromatic rings. The lowest BCUT2D eigenvalue weighted by Gasteiger charge is -2.03. The summed E-state index contributed by atoms with van der Waals surface area (Å²) in [5.74, 6) is -0.581. The van der Waals surface area contributed by atoms with E-state index in [0.29, 0.717) is 10.8 Å². The zero-order chi connectivity index (χ0) is 12.3. The van der Waals surface area contributed by atoms with Crippen LogP contribution in [0.3, 0.4) is 0 Å². The van der Waals surface area contributed by atoms with Gasteiger partial charge in [-0.05, 0) is 6.07 Å². The van der Waals surface area contributed by atoms with Gasteiger partial charge in [0, 0.05) is 18.3 Å². The van der Waals surface area contributed by atoms with Crippen LogP contribution in [0.2, 0.25) is 5.02 Å². The lowest BCUT2D eigenvalue weighted by atomic mass is 10.4. The molecule has 0 aliphatic rings. The summed E-state index contributed by atoms with van der Waals surface area (Å²) < 4.78 is 5.28. The molecule has 0 bridgehead atoms. The first-order valence-electron chi connectivity index (χ1n) is 4.50. The van der Waals surface area contributed by atoms with Crippen LogP contribution in [0.1, 0.15) is 10.5 Å². The Morgan fingerprint density at radius 1 is 1.29 bits per heavy atom. The molecule has 2 rings (SSSR count). The number of carboxylic acids is 1. The molecule has 0 radical (unpaired) electrons. The van der Waals surface area contributed by atoms with Crippen LogP contribution in [0, 0.1) is 0 Å². The fourth-order valence-electron chi connectivity index (χ4n) is 1.06. The Kier molecular flexibility index (Phi) is 3.15. The van der Waals surface area contributed by atoms with Gasteiger partial charge in [0.2, 0.25) is 5.88 Å². The van der Waals surface area contributed by atoms with Crippen LogP contribution < -0.4 is 4.74 Å². The van der Waals surface area contributed by atoms with Crippen molar-refractivity contribution >= 4 is 17.6 Å². The fourth-order valence-corrected chi connectivity index (χ4v) is 1.22. The van der Waals surface area contributed by atoms with E-state index in [0.717, 1.165) is 0 Å². The van der Waals surface area contributed by atoms with Crippen LogP contribution in [0.15, 0.2) is 30.6 Å². The van der Waals surface area contributed by atoms with Gasteiger partial charge in [-0.3, -0.25) is 4.98 Å². The van der Waals surface area contributed by atoms with Gasteiger partial charge in [-0.25, -0.2) is 4.79 Å². The van der Waals surface area contributed by atoms with E-state index in [2.05, 4.69) is 15.2 Å². The van der Waals surface area contributed by atoms with E-state index in [-0.39, 0.29) is 11.6 Å². The van der Waals surface area contributed by atoms with Crippen molar-refractivity contribution in [3.63, 3.8) is 0 Å². The van der Waals surface area contributed by atoms with Crippen molar-refractivity contribution in [2.24, 2.45) is 0 Å². The van der Waals surface area contributed by atoms with Crippen molar-refractivity contribution in [1.82, 2.24) is 15.2 Å². The molecule has 0 aliphatic carbocycles. The van der Waals surface area contributed by atoms with E-state index in [9.17, 15) is 4.79 Å². The third-order valence-electron chi connectivity index (χ3n) is 1.76. The van der Waals surface area contributed by atoms with Gasteiger partial charge in [0.1, 0.15) is 5.75 Å². The van der Waals surface area contributed by atoms with Gasteiger partial charge < -0.3 is 9.84 Å². The number of ether oxygens (including phenoxy) is 1. The molecule has 0 atom stereocenters. The summed E-state index contributed by atoms with van der Waals surface area (Å²) in [6.07, 6.45) is 2.92. The van der Waals surface area contributed by atoms with Crippen LogP contribution in [-0.4, -0.2) is 26.3 Å². The summed E-state index contributed by atoms with van der Waals surface area (Å²) in [7, 11) is 0. The summed E-state index contributed by atoms with van der Waals surface area (Å²) in [6, 6.07) is 4.25. The smallest absolute Gasteiger partial charge is 0.356 e. The Morgan fingerprint density at radius 2 is 2.12 bits per heavy atom. The third kappa shape index (κ3) is 2.88. The number of aromatic carboxylic acids is 1. The highest BCUT2D eigenvalue weighted by molar-refractivity contribution is 6.30. The van der Waals surface area contributed by atoms with Gasteiger partial charge in [-0.15, -0.1) is 10.2 Å². The Balaban J connectivity index is 2.16. The summed E-state index contributed by atoms with van der Waals surface area (Å²) in [5.41, 5.74) is -0.151. The quantitative estimate of drug-likeness (QED) is 0.898. The number of hydrogen-bond acceptors (Lipinski definition) is 5. The maximum absolute atomic E-state index is 10.5. The summed E-state index contributed by atoms with van der Waals surface area (Å²) in [5, 5.41) is 16.1. The van der Waals surface area contributed by atoms with E-state index in [1.165, 1.54) is 24.5 Å². The first-order chi connectivity index (χ1) is 8.15. The van der Waals surface area contributed by atoms with Gasteiger partial charge in [0.05, 0.1) is 11.2 Å². The highest BCUT2D eigenvalue weighted by Gasteiger charge is 2.06. The Morgan fingerprint density at radius 3 is 2.71 bits per heavy atom. The molecule has 0 saturated heterocycles. The molecule has 7 heteroatoms. The Bertz CT molecular complexity index is 545. The fraction of sp³-hybridized carbons (Fsp3) is 0. The topological polar surface area (TPSA) is 85.2 Å². The van der Waals surface area contributed by atoms with E-state index in [1.807, 2.05) is 0 Å². The molecule has 0 spiro atoms. The summed E-state index contributed by atoms with van der Waals surface area (Å²) in [6.45, 7) is 0. The first kappa shape index (κ1) is 11.3. The molecule has 1 N–H and O–H groups in total. The van der Waals surface area contributed by atoms with Gasteiger partial charge in [-0.2, -0.15) is 0 Å². The predicted molar refractivity (Wildman–Crippen MR) is 58.3 cm³/mol. The first-order valence-corrected chi connectivity index (χ1v) is 4.88. The molecule has 17 heavy (non-hydrogen) atoms. The molecule has 2 aromatic heterocycles. The van der Waals surface area contributed by atoms with Crippen molar-refractivity contribution in [3.8, 4) is 11.6 Å². The van der Waals surface area contributed by atoms with Crippen LogP contribution in [0.5, 0.6) is 11.6 Å². The van der Waals surface area contributed by atoms with Crippen molar-refractivity contribution in [2.75, 3.05) is 0 Å². The number of aromatic nitrogens is 3. The molecule has 0 aliphatic heterocycles. The molecule has 0 amide bonds. The second kappa shape index (κ2) is 4.75. The minimum absolute atomic E-state index is 0.151. The Hall–Kier alpha value is -2.21. The highest BCUT2D eigenvalue weighted by Crippen LogP contribution is 2.20. The number of carbonyl (C=O) groups is 1. The average molecular weight is 252 g/mol. The Labute approximate surface area is 101 Å². The number of hydrogen-bond donors (Lipinski definition) is 1. The monoisotopic (exact) mass is 251 g/mol. The normalized spacial score (nSPS) is 9.94. The number of halogens is 1. The largest absolute Gasteiger partial charge is 0.476 e. The molecule has 86 valence electrons. The third-order valence-corrected chi connectivity index (χ3v) is 1.97. The van der Waals surface area contributed by atoms with Crippen LogP contribution in [0.25, 0.3) is 0 Å².